The summed E-state index contributed by atoms with van der Waals surface area (Å²) in [6, 6.07) is 0.0828. The van der Waals surface area contributed by atoms with E-state index in [0.717, 1.165) is 5.75 Å². The van der Waals surface area contributed by atoms with E-state index >= 15 is 0 Å². The first-order valence-corrected chi connectivity index (χ1v) is 7.05. The average Bonchev–Trinajstić information content (AvgIpc) is 2.79. The zero-order chi connectivity index (χ0) is 14.8. The second-order valence-electron chi connectivity index (χ2n) is 4.58. The van der Waals surface area contributed by atoms with Gasteiger partial charge in [0.05, 0.1) is 5.60 Å². The van der Waals surface area contributed by atoms with Crippen molar-refractivity contribution >= 4 is 23.5 Å². The molecule has 0 spiro atoms. The third kappa shape index (κ3) is 3.57. The second kappa shape index (κ2) is 5.92. The van der Waals surface area contributed by atoms with Crippen molar-refractivity contribution in [3.63, 3.8) is 0 Å². The van der Waals surface area contributed by atoms with E-state index in [0.29, 0.717) is 24.3 Å². The predicted molar refractivity (Wildman–Crippen MR) is 70.2 cm³/mol. The van der Waals surface area contributed by atoms with Crippen molar-refractivity contribution in [2.24, 2.45) is 0 Å². The molecule has 0 aromatic heterocycles. The number of halogens is 3. The molecule has 2 amide bonds. The minimum atomic E-state index is -1.20. The number of carbonyl (C=O) groups is 1. The third-order valence-corrected chi connectivity index (χ3v) is 4.14. The first-order valence-electron chi connectivity index (χ1n) is 5.89. The predicted octanol–water partition coefficient (Wildman–Crippen LogP) is 2.09. The monoisotopic (exact) mass is 306 g/mol. The number of urea groups is 1. The van der Waals surface area contributed by atoms with Gasteiger partial charge in [-0.3, -0.25) is 0 Å². The van der Waals surface area contributed by atoms with E-state index < -0.39 is 34.8 Å². The van der Waals surface area contributed by atoms with E-state index in [1.807, 2.05) is 5.32 Å². The summed E-state index contributed by atoms with van der Waals surface area (Å²) in [5, 5.41) is 14.3. The van der Waals surface area contributed by atoms with Crippen molar-refractivity contribution in [3.05, 3.63) is 29.6 Å². The highest BCUT2D eigenvalue weighted by Crippen LogP contribution is 2.27. The molecule has 1 aliphatic rings. The minimum absolute atomic E-state index is 0.0176. The van der Waals surface area contributed by atoms with Gasteiger partial charge in [-0.25, -0.2) is 18.0 Å². The number of rotatable bonds is 3. The van der Waals surface area contributed by atoms with E-state index in [4.69, 9.17) is 0 Å². The Bertz CT molecular complexity index is 498. The van der Waals surface area contributed by atoms with Crippen LogP contribution in [-0.2, 0) is 0 Å². The molecule has 20 heavy (non-hydrogen) atoms. The number of amides is 2. The lowest BCUT2D eigenvalue weighted by atomic mass is 10.0. The number of hydrogen-bond donors (Lipinski definition) is 3. The van der Waals surface area contributed by atoms with Crippen molar-refractivity contribution in [2.75, 3.05) is 23.4 Å². The lowest BCUT2D eigenvalue weighted by Crippen LogP contribution is -2.44. The maximum absolute atomic E-state index is 13.3. The van der Waals surface area contributed by atoms with Crippen molar-refractivity contribution in [3.8, 4) is 0 Å². The first-order chi connectivity index (χ1) is 9.39. The summed E-state index contributed by atoms with van der Waals surface area (Å²) in [5.74, 6) is -2.18. The molecule has 3 N–H and O–H groups in total. The standard InChI is InChI=1S/C12H13F3N2O2S/c13-7-3-8(14)10(9(15)4-7)17-11(18)16-5-12(19)1-2-20-6-12/h3-4,19H,1-2,5-6H2,(H2,16,17,18). The molecule has 1 aliphatic heterocycles. The minimum Gasteiger partial charge on any atom is -0.387 e. The molecule has 1 fully saturated rings. The van der Waals surface area contributed by atoms with Crippen LogP contribution in [0.3, 0.4) is 0 Å². The van der Waals surface area contributed by atoms with Crippen LogP contribution in [0.1, 0.15) is 6.42 Å². The fourth-order valence-electron chi connectivity index (χ4n) is 1.80. The van der Waals surface area contributed by atoms with Crippen LogP contribution >= 0.6 is 11.8 Å². The molecule has 1 aromatic carbocycles. The molecule has 1 saturated heterocycles. The summed E-state index contributed by atoms with van der Waals surface area (Å²) in [7, 11) is 0. The normalized spacial score (nSPS) is 21.8. The van der Waals surface area contributed by atoms with Crippen LogP contribution in [-0.4, -0.2) is 34.8 Å². The van der Waals surface area contributed by atoms with Crippen molar-refractivity contribution in [1.82, 2.24) is 5.32 Å². The fraction of sp³-hybridized carbons (Fsp3) is 0.417. The van der Waals surface area contributed by atoms with Gasteiger partial charge in [-0.15, -0.1) is 0 Å². The van der Waals surface area contributed by atoms with Crippen LogP contribution in [0.4, 0.5) is 23.7 Å². The number of nitrogens with one attached hydrogen (secondary N) is 2. The van der Waals surface area contributed by atoms with Gasteiger partial charge in [-0.05, 0) is 12.2 Å². The summed E-state index contributed by atoms with van der Waals surface area (Å²) in [6.07, 6.45) is 0.539. The number of benzene rings is 1. The molecular weight excluding hydrogens is 293 g/mol. The van der Waals surface area contributed by atoms with Gasteiger partial charge in [0.15, 0.2) is 11.6 Å². The Balaban J connectivity index is 1.95. The number of anilines is 1. The highest BCUT2D eigenvalue weighted by Gasteiger charge is 2.32. The summed E-state index contributed by atoms with van der Waals surface area (Å²) in [4.78, 5) is 11.5. The molecule has 1 heterocycles. The van der Waals surface area contributed by atoms with Gasteiger partial charge in [0, 0.05) is 24.4 Å². The largest absolute Gasteiger partial charge is 0.387 e. The number of hydrogen-bond acceptors (Lipinski definition) is 3. The molecular formula is C12H13F3N2O2S. The van der Waals surface area contributed by atoms with Crippen molar-refractivity contribution < 1.29 is 23.1 Å². The van der Waals surface area contributed by atoms with Crippen LogP contribution in [0.15, 0.2) is 12.1 Å². The average molecular weight is 306 g/mol. The van der Waals surface area contributed by atoms with Gasteiger partial charge >= 0.3 is 6.03 Å². The third-order valence-electron chi connectivity index (χ3n) is 2.91. The van der Waals surface area contributed by atoms with Gasteiger partial charge in [0.2, 0.25) is 0 Å². The van der Waals surface area contributed by atoms with Gasteiger partial charge in [0.1, 0.15) is 11.5 Å². The molecule has 1 aromatic rings. The Hall–Kier alpha value is -1.41. The van der Waals surface area contributed by atoms with Gasteiger partial charge in [0.25, 0.3) is 0 Å². The topological polar surface area (TPSA) is 61.4 Å². The van der Waals surface area contributed by atoms with Gasteiger partial charge in [-0.1, -0.05) is 0 Å². The van der Waals surface area contributed by atoms with Crippen LogP contribution in [0.2, 0.25) is 0 Å². The van der Waals surface area contributed by atoms with Gasteiger partial charge in [-0.2, -0.15) is 11.8 Å². The van der Waals surface area contributed by atoms with E-state index in [-0.39, 0.29) is 6.54 Å². The zero-order valence-corrected chi connectivity index (χ0v) is 11.2. The molecule has 0 bridgehead atoms. The van der Waals surface area contributed by atoms with Gasteiger partial charge < -0.3 is 15.7 Å². The molecule has 4 nitrogen and oxygen atoms in total. The van der Waals surface area contributed by atoms with E-state index in [1.54, 1.807) is 11.8 Å². The van der Waals surface area contributed by atoms with Crippen LogP contribution in [0.5, 0.6) is 0 Å². The Morgan fingerprint density at radius 2 is 2.00 bits per heavy atom. The molecule has 0 aliphatic carbocycles. The van der Waals surface area contributed by atoms with Crippen LogP contribution in [0.25, 0.3) is 0 Å². The maximum atomic E-state index is 13.3. The molecule has 1 unspecified atom stereocenters. The first kappa shape index (κ1) is 15.0. The zero-order valence-electron chi connectivity index (χ0n) is 10.4. The number of carbonyl (C=O) groups excluding carboxylic acids is 1. The number of aliphatic hydroxyl groups is 1. The Morgan fingerprint density at radius 1 is 1.35 bits per heavy atom. The summed E-state index contributed by atoms with van der Waals surface area (Å²) >= 11 is 1.56. The highest BCUT2D eigenvalue weighted by atomic mass is 32.2. The second-order valence-corrected chi connectivity index (χ2v) is 5.68. The van der Waals surface area contributed by atoms with E-state index in [9.17, 15) is 23.1 Å². The quantitative estimate of drug-likeness (QED) is 0.801. The fourth-order valence-corrected chi connectivity index (χ4v) is 3.10. The molecule has 1 atom stereocenters. The van der Waals surface area contributed by atoms with E-state index in [2.05, 4.69) is 5.32 Å². The molecule has 0 radical (unpaired) electrons. The number of thioether (sulfide) groups is 1. The highest BCUT2D eigenvalue weighted by molar-refractivity contribution is 7.99. The lowest BCUT2D eigenvalue weighted by molar-refractivity contribution is 0.0706. The molecule has 2 rings (SSSR count). The van der Waals surface area contributed by atoms with Crippen LogP contribution in [0, 0.1) is 17.5 Å². The lowest BCUT2D eigenvalue weighted by Gasteiger charge is -2.21. The van der Waals surface area contributed by atoms with Crippen molar-refractivity contribution in [2.45, 2.75) is 12.0 Å². The van der Waals surface area contributed by atoms with E-state index in [1.165, 1.54) is 0 Å². The van der Waals surface area contributed by atoms with Crippen molar-refractivity contribution in [1.29, 1.82) is 0 Å². The Labute approximate surface area is 117 Å². The summed E-state index contributed by atoms with van der Waals surface area (Å²) in [5.41, 5.74) is -1.72. The maximum Gasteiger partial charge on any atom is 0.319 e. The smallest absolute Gasteiger partial charge is 0.319 e. The SMILES string of the molecule is O=C(NCC1(O)CCSC1)Nc1c(F)cc(F)cc1F. The molecule has 0 saturated carbocycles. The molecule has 110 valence electrons. The summed E-state index contributed by atoms with van der Waals surface area (Å²) < 4.78 is 39.3. The van der Waals surface area contributed by atoms with Crippen LogP contribution < -0.4 is 10.6 Å². The summed E-state index contributed by atoms with van der Waals surface area (Å²) in [6.45, 7) is -0.0176. The molecule has 8 heteroatoms. The Kier molecular flexibility index (Phi) is 4.44. The Morgan fingerprint density at radius 3 is 2.55 bits per heavy atom.